The molecule has 1 aliphatic heterocycles. The molecule has 32 heavy (non-hydrogen) atoms. The van der Waals surface area contributed by atoms with E-state index in [0.717, 1.165) is 27.8 Å². The number of hydrogen-bond acceptors (Lipinski definition) is 7. The summed E-state index contributed by atoms with van der Waals surface area (Å²) in [7, 11) is 3.37. The van der Waals surface area contributed by atoms with E-state index < -0.39 is 6.43 Å². The molecule has 0 bridgehead atoms. The van der Waals surface area contributed by atoms with E-state index in [0.29, 0.717) is 18.9 Å². The average Bonchev–Trinajstić information content (AvgIpc) is 3.24. The Balaban J connectivity index is 1.65. The van der Waals surface area contributed by atoms with Gasteiger partial charge in [0.1, 0.15) is 12.2 Å². The number of pyridine rings is 1. The summed E-state index contributed by atoms with van der Waals surface area (Å²) in [5, 5.41) is 12.7. The predicted octanol–water partition coefficient (Wildman–Crippen LogP) is 4.29. The normalized spacial score (nSPS) is 19.7. The molecule has 0 spiro atoms. The highest BCUT2D eigenvalue weighted by Gasteiger charge is 2.33. The lowest BCUT2D eigenvalue weighted by Gasteiger charge is -2.20. The zero-order chi connectivity index (χ0) is 22.8. The predicted molar refractivity (Wildman–Crippen MR) is 119 cm³/mol. The minimum Gasteiger partial charge on any atom is -0.377 e. The van der Waals surface area contributed by atoms with Crippen LogP contribution in [0.4, 0.5) is 20.3 Å². The molecule has 9 heteroatoms. The van der Waals surface area contributed by atoms with E-state index >= 15 is 0 Å². The molecule has 3 atom stereocenters. The highest BCUT2D eigenvalue weighted by Crippen LogP contribution is 2.31. The minimum atomic E-state index is -2.51. The molecule has 1 N–H and O–H groups in total. The van der Waals surface area contributed by atoms with Gasteiger partial charge in [-0.25, -0.2) is 8.78 Å². The van der Waals surface area contributed by atoms with Crippen molar-refractivity contribution in [2.24, 2.45) is 0 Å². The van der Waals surface area contributed by atoms with Gasteiger partial charge in [-0.2, -0.15) is 5.10 Å². The van der Waals surface area contributed by atoms with E-state index in [9.17, 15) is 8.78 Å². The summed E-state index contributed by atoms with van der Waals surface area (Å²) in [5.74, 6) is 0.556. The summed E-state index contributed by atoms with van der Waals surface area (Å²) in [4.78, 5) is 6.81. The number of ether oxygens (including phenoxy) is 2. The molecule has 0 saturated carbocycles. The number of benzene rings is 1. The average molecular weight is 443 g/mol. The van der Waals surface area contributed by atoms with Crippen molar-refractivity contribution in [1.82, 2.24) is 15.2 Å². The number of hydrogen-bond donors (Lipinski definition) is 1. The molecule has 3 heterocycles. The molecular weight excluding hydrogens is 416 g/mol. The maximum atomic E-state index is 13.1. The number of nitrogens with one attached hydrogen (secondary N) is 1. The fourth-order valence-corrected chi connectivity index (χ4v) is 4.09. The van der Waals surface area contributed by atoms with Gasteiger partial charge < -0.3 is 19.7 Å². The topological polar surface area (TPSA) is 72.4 Å². The number of methoxy groups -OCH3 is 2. The zero-order valence-corrected chi connectivity index (χ0v) is 18.5. The van der Waals surface area contributed by atoms with Crippen molar-refractivity contribution in [2.45, 2.75) is 38.5 Å². The summed E-state index contributed by atoms with van der Waals surface area (Å²) in [5.41, 5.74) is 3.13. The van der Waals surface area contributed by atoms with E-state index in [1.165, 1.54) is 12.1 Å². The third kappa shape index (κ3) is 4.35. The van der Waals surface area contributed by atoms with Crippen molar-refractivity contribution >= 4 is 22.4 Å². The van der Waals surface area contributed by atoms with E-state index in [1.807, 2.05) is 32.2 Å². The monoisotopic (exact) mass is 443 g/mol. The Morgan fingerprint density at radius 2 is 1.75 bits per heavy atom. The molecule has 2 aromatic heterocycles. The van der Waals surface area contributed by atoms with Crippen LogP contribution in [0.25, 0.3) is 10.9 Å². The first-order valence-electron chi connectivity index (χ1n) is 10.5. The number of nitrogens with zero attached hydrogens (tertiary/aromatic N) is 4. The molecule has 1 aromatic carbocycles. The van der Waals surface area contributed by atoms with Crippen molar-refractivity contribution in [3.05, 3.63) is 53.3 Å². The highest BCUT2D eigenvalue weighted by molar-refractivity contribution is 5.92. The van der Waals surface area contributed by atoms with Crippen LogP contribution in [0.5, 0.6) is 0 Å². The molecule has 4 rings (SSSR count). The van der Waals surface area contributed by atoms with Crippen LogP contribution in [-0.4, -0.2) is 54.7 Å². The lowest BCUT2D eigenvalue weighted by molar-refractivity contribution is -0.00461. The molecule has 170 valence electrons. The number of halogens is 2. The van der Waals surface area contributed by atoms with Gasteiger partial charge in [0.15, 0.2) is 5.82 Å². The van der Waals surface area contributed by atoms with Crippen LogP contribution in [0.2, 0.25) is 0 Å². The number of rotatable bonds is 7. The van der Waals surface area contributed by atoms with E-state index in [1.54, 1.807) is 20.3 Å². The largest absolute Gasteiger partial charge is 0.377 e. The Hall–Kier alpha value is -2.91. The first-order valence-corrected chi connectivity index (χ1v) is 10.5. The van der Waals surface area contributed by atoms with Crippen LogP contribution in [0.3, 0.4) is 0 Å². The highest BCUT2D eigenvalue weighted by atomic mass is 19.3. The molecule has 1 saturated heterocycles. The summed E-state index contributed by atoms with van der Waals surface area (Å²) in [6.45, 7) is 5.15. The van der Waals surface area contributed by atoms with Gasteiger partial charge in [-0.1, -0.05) is 18.2 Å². The van der Waals surface area contributed by atoms with E-state index in [4.69, 9.17) is 9.47 Å². The Kier molecular flexibility index (Phi) is 6.48. The van der Waals surface area contributed by atoms with E-state index in [-0.39, 0.29) is 23.8 Å². The SMILES string of the molecule is CO[C@H]1CN(c2cnc3c(C)nnc(N[C@H](C)c4cccc(C(F)F)c4)c3c2)C[C@H]1OC. The van der Waals surface area contributed by atoms with Gasteiger partial charge in [-0.15, -0.1) is 5.10 Å². The van der Waals surface area contributed by atoms with Gasteiger partial charge in [0.2, 0.25) is 0 Å². The van der Waals surface area contributed by atoms with Crippen molar-refractivity contribution in [3.63, 3.8) is 0 Å². The van der Waals surface area contributed by atoms with Crippen LogP contribution in [0, 0.1) is 6.92 Å². The van der Waals surface area contributed by atoms with Gasteiger partial charge in [-0.05, 0) is 31.5 Å². The second-order valence-electron chi connectivity index (χ2n) is 8.01. The molecular formula is C23H27F2N5O2. The van der Waals surface area contributed by atoms with Crippen LogP contribution in [0.15, 0.2) is 36.5 Å². The van der Waals surface area contributed by atoms with Crippen LogP contribution >= 0.6 is 0 Å². The molecule has 7 nitrogen and oxygen atoms in total. The lowest BCUT2D eigenvalue weighted by Crippen LogP contribution is -2.27. The number of aromatic nitrogens is 3. The first-order chi connectivity index (χ1) is 15.4. The van der Waals surface area contributed by atoms with Crippen LogP contribution < -0.4 is 10.2 Å². The van der Waals surface area contributed by atoms with Crippen molar-refractivity contribution in [2.75, 3.05) is 37.5 Å². The summed E-state index contributed by atoms with van der Waals surface area (Å²) in [6, 6.07) is 8.17. The standard InChI is InChI=1S/C23H27F2N5O2/c1-13(15-6-5-7-16(8-15)22(24)25)27-23-18-9-17(10-26-21(18)14(2)28-29-23)30-11-19(31-3)20(12-30)32-4/h5-10,13,19-20,22H,11-12H2,1-4H3,(H,27,29)/t13-,19-,20+/m1/s1. The number of anilines is 2. The molecule has 1 aliphatic rings. The van der Waals surface area contributed by atoms with Gasteiger partial charge in [0.05, 0.1) is 29.1 Å². The summed E-state index contributed by atoms with van der Waals surface area (Å²) in [6.07, 6.45) is -0.733. The fraction of sp³-hybridized carbons (Fsp3) is 0.435. The Morgan fingerprint density at radius 3 is 2.41 bits per heavy atom. The molecule has 1 fully saturated rings. The molecule has 0 radical (unpaired) electrons. The van der Waals surface area contributed by atoms with Crippen molar-refractivity contribution in [1.29, 1.82) is 0 Å². The lowest BCUT2D eigenvalue weighted by atomic mass is 10.0. The van der Waals surface area contributed by atoms with Crippen molar-refractivity contribution in [3.8, 4) is 0 Å². The second kappa shape index (κ2) is 9.30. The van der Waals surface area contributed by atoms with Gasteiger partial charge in [0.25, 0.3) is 6.43 Å². The summed E-state index contributed by atoms with van der Waals surface area (Å²) >= 11 is 0. The third-order valence-electron chi connectivity index (χ3n) is 5.97. The van der Waals surface area contributed by atoms with Crippen LogP contribution in [0.1, 0.15) is 36.2 Å². The number of aryl methyl sites for hydroxylation is 1. The molecule has 3 aromatic rings. The van der Waals surface area contributed by atoms with Gasteiger partial charge >= 0.3 is 0 Å². The third-order valence-corrected chi connectivity index (χ3v) is 5.97. The summed E-state index contributed by atoms with van der Waals surface area (Å²) < 4.78 is 37.3. The maximum Gasteiger partial charge on any atom is 0.263 e. The van der Waals surface area contributed by atoms with Gasteiger partial charge in [0, 0.05) is 38.3 Å². The smallest absolute Gasteiger partial charge is 0.263 e. The Labute approximate surface area is 185 Å². The van der Waals surface area contributed by atoms with Crippen LogP contribution in [-0.2, 0) is 9.47 Å². The second-order valence-corrected chi connectivity index (χ2v) is 8.01. The first kappa shape index (κ1) is 22.3. The van der Waals surface area contributed by atoms with E-state index in [2.05, 4.69) is 25.4 Å². The number of alkyl halides is 2. The van der Waals surface area contributed by atoms with Crippen molar-refractivity contribution < 1.29 is 18.3 Å². The quantitative estimate of drug-likeness (QED) is 0.584. The Bertz CT molecular complexity index is 1090. The zero-order valence-electron chi connectivity index (χ0n) is 18.5. The number of fused-ring (bicyclic) bond motifs is 1. The maximum absolute atomic E-state index is 13.1. The molecule has 0 aliphatic carbocycles. The molecule has 0 amide bonds. The van der Waals surface area contributed by atoms with Gasteiger partial charge in [-0.3, -0.25) is 4.98 Å². The minimum absolute atomic E-state index is 0.00520. The molecule has 0 unspecified atom stereocenters. The fourth-order valence-electron chi connectivity index (χ4n) is 4.09. The Morgan fingerprint density at radius 1 is 1.06 bits per heavy atom.